The number of ether oxygens (including phenoxy) is 1. The fraction of sp³-hybridized carbons (Fsp3) is 0.389. The molecule has 0 bridgehead atoms. The van der Waals surface area contributed by atoms with E-state index in [0.29, 0.717) is 5.56 Å². The Hall–Kier alpha value is -3.51. The number of primary amides is 1. The number of nitrogens with one attached hydrogen (secondary N) is 2. The van der Waals surface area contributed by atoms with E-state index in [9.17, 15) is 24.0 Å². The van der Waals surface area contributed by atoms with Gasteiger partial charge >= 0.3 is 5.97 Å². The maximum absolute atomic E-state index is 13.0. The van der Waals surface area contributed by atoms with Crippen LogP contribution in [0.4, 0.5) is 0 Å². The summed E-state index contributed by atoms with van der Waals surface area (Å²) >= 11 is 0. The molecule has 0 spiro atoms. The topological polar surface area (TPSA) is 194 Å². The second kappa shape index (κ2) is 12.9. The highest BCUT2D eigenvalue weighted by atomic mass is 16.5. The number of carbonyl (C=O) groups is 5. The fourth-order valence-electron chi connectivity index (χ4n) is 2.39. The Morgan fingerprint density at radius 1 is 1.10 bits per heavy atom. The summed E-state index contributed by atoms with van der Waals surface area (Å²) in [5, 5.41) is 13.4. The van der Waals surface area contributed by atoms with Gasteiger partial charge in [0.05, 0.1) is 13.1 Å². The zero-order chi connectivity index (χ0) is 22.5. The summed E-state index contributed by atoms with van der Waals surface area (Å²) in [6.07, 6.45) is 0.0739. The molecule has 0 aliphatic carbocycles. The van der Waals surface area contributed by atoms with Crippen LogP contribution in [0.3, 0.4) is 0 Å². The molecule has 0 aliphatic heterocycles. The van der Waals surface area contributed by atoms with E-state index in [-0.39, 0.29) is 13.0 Å². The van der Waals surface area contributed by atoms with E-state index in [2.05, 4.69) is 10.6 Å². The first-order chi connectivity index (χ1) is 14.2. The van der Waals surface area contributed by atoms with E-state index < -0.39 is 62.1 Å². The molecular weight excluding hydrogens is 398 g/mol. The maximum Gasteiger partial charge on any atom is 0.329 e. The first-order valence-electron chi connectivity index (χ1n) is 8.89. The average Bonchev–Trinajstić information content (AvgIpc) is 2.70. The van der Waals surface area contributed by atoms with Crippen molar-refractivity contribution in [3.05, 3.63) is 35.9 Å². The van der Waals surface area contributed by atoms with Gasteiger partial charge in [0.1, 0.15) is 25.9 Å². The van der Waals surface area contributed by atoms with Crippen LogP contribution >= 0.6 is 0 Å². The van der Waals surface area contributed by atoms with Crippen LogP contribution in [0.15, 0.2) is 30.3 Å². The largest absolute Gasteiger partial charge is 0.480 e. The molecule has 1 aromatic rings. The summed E-state index contributed by atoms with van der Waals surface area (Å²) in [6, 6.07) is 7.63. The lowest BCUT2D eigenvalue weighted by atomic mass is 10.0. The number of carboxylic acid groups (broad SMARTS) is 1. The van der Waals surface area contributed by atoms with Crippen molar-refractivity contribution >= 4 is 29.6 Å². The number of nitrogens with zero attached hydrogens (tertiary/aromatic N) is 1. The first kappa shape index (κ1) is 24.5. The predicted octanol–water partition coefficient (Wildman–Crippen LogP) is -2.84. The molecule has 0 unspecified atom stereocenters. The SMILES string of the molecule is NCC(=O)NCC(=O)N[C@H](Cc1ccccc1)C(=O)N(COCC(=O)O)CC(N)=O. The number of carbonyl (C=O) groups excluding carboxylic acids is 4. The summed E-state index contributed by atoms with van der Waals surface area (Å²) in [7, 11) is 0. The minimum absolute atomic E-state index is 0.0739. The predicted molar refractivity (Wildman–Crippen MR) is 104 cm³/mol. The van der Waals surface area contributed by atoms with Crippen molar-refractivity contribution in [2.45, 2.75) is 12.5 Å². The van der Waals surface area contributed by atoms with Gasteiger partial charge in [-0.1, -0.05) is 30.3 Å². The molecule has 7 N–H and O–H groups in total. The Labute approximate surface area is 172 Å². The van der Waals surface area contributed by atoms with Gasteiger partial charge in [-0.2, -0.15) is 0 Å². The van der Waals surface area contributed by atoms with Gasteiger partial charge < -0.3 is 36.8 Å². The minimum Gasteiger partial charge on any atom is -0.480 e. The van der Waals surface area contributed by atoms with Crippen molar-refractivity contribution in [1.29, 1.82) is 0 Å². The van der Waals surface area contributed by atoms with Crippen LogP contribution in [0.1, 0.15) is 5.56 Å². The smallest absolute Gasteiger partial charge is 0.329 e. The van der Waals surface area contributed by atoms with Gasteiger partial charge in [-0.15, -0.1) is 0 Å². The first-order valence-corrected chi connectivity index (χ1v) is 8.89. The monoisotopic (exact) mass is 423 g/mol. The molecule has 0 aliphatic rings. The quantitative estimate of drug-likeness (QED) is 0.209. The van der Waals surface area contributed by atoms with E-state index in [4.69, 9.17) is 21.3 Å². The van der Waals surface area contributed by atoms with Crippen molar-refractivity contribution in [2.24, 2.45) is 11.5 Å². The molecule has 30 heavy (non-hydrogen) atoms. The van der Waals surface area contributed by atoms with Gasteiger partial charge in [-0.25, -0.2) is 4.79 Å². The van der Waals surface area contributed by atoms with Crippen molar-refractivity contribution in [2.75, 3.05) is 33.0 Å². The molecule has 0 radical (unpaired) electrons. The van der Waals surface area contributed by atoms with Crippen LogP contribution < -0.4 is 22.1 Å². The van der Waals surface area contributed by atoms with E-state index in [0.717, 1.165) is 4.90 Å². The van der Waals surface area contributed by atoms with Crippen LogP contribution in [-0.4, -0.2) is 78.6 Å². The number of nitrogens with two attached hydrogens (primary N) is 2. The normalized spacial score (nSPS) is 11.2. The molecule has 0 saturated heterocycles. The van der Waals surface area contributed by atoms with Gasteiger partial charge in [-0.05, 0) is 5.56 Å². The molecule has 12 heteroatoms. The lowest BCUT2D eigenvalue weighted by molar-refractivity contribution is -0.150. The van der Waals surface area contributed by atoms with E-state index in [1.165, 1.54) is 0 Å². The highest BCUT2D eigenvalue weighted by molar-refractivity contribution is 5.92. The Kier molecular flexibility index (Phi) is 10.5. The van der Waals surface area contributed by atoms with Crippen LogP contribution in [0.5, 0.6) is 0 Å². The number of amides is 4. The summed E-state index contributed by atoms with van der Waals surface area (Å²) in [5.74, 6) is -4.01. The summed E-state index contributed by atoms with van der Waals surface area (Å²) in [4.78, 5) is 59.2. The van der Waals surface area contributed by atoms with Crippen molar-refractivity contribution in [3.8, 4) is 0 Å². The molecule has 0 fully saturated rings. The van der Waals surface area contributed by atoms with Crippen molar-refractivity contribution < 1.29 is 33.8 Å². The number of hydrogen-bond donors (Lipinski definition) is 5. The molecule has 12 nitrogen and oxygen atoms in total. The van der Waals surface area contributed by atoms with Crippen LogP contribution in [0.2, 0.25) is 0 Å². The third kappa shape index (κ3) is 9.61. The summed E-state index contributed by atoms with van der Waals surface area (Å²) in [5.41, 5.74) is 11.0. The molecule has 0 saturated carbocycles. The Bertz CT molecular complexity index is 757. The third-order valence-electron chi connectivity index (χ3n) is 3.68. The Balaban J connectivity index is 2.95. The van der Waals surface area contributed by atoms with Gasteiger partial charge in [0.25, 0.3) is 0 Å². The molecule has 164 valence electrons. The zero-order valence-corrected chi connectivity index (χ0v) is 16.2. The Morgan fingerprint density at radius 3 is 2.33 bits per heavy atom. The number of benzene rings is 1. The zero-order valence-electron chi connectivity index (χ0n) is 16.2. The van der Waals surface area contributed by atoms with Gasteiger partial charge in [0.15, 0.2) is 0 Å². The van der Waals surface area contributed by atoms with Gasteiger partial charge in [0.2, 0.25) is 23.6 Å². The highest BCUT2D eigenvalue weighted by Crippen LogP contribution is 2.07. The fourth-order valence-corrected chi connectivity index (χ4v) is 2.39. The minimum atomic E-state index is -1.26. The van der Waals surface area contributed by atoms with Crippen LogP contribution in [-0.2, 0) is 35.1 Å². The van der Waals surface area contributed by atoms with Crippen LogP contribution in [0, 0.1) is 0 Å². The molecule has 1 rings (SSSR count). The molecule has 4 amide bonds. The number of carboxylic acids is 1. The Morgan fingerprint density at radius 2 is 1.77 bits per heavy atom. The number of aliphatic carboxylic acids is 1. The van der Waals surface area contributed by atoms with Crippen LogP contribution in [0.25, 0.3) is 0 Å². The maximum atomic E-state index is 13.0. The average molecular weight is 423 g/mol. The summed E-state index contributed by atoms with van der Waals surface area (Å²) in [6.45, 7) is -2.45. The van der Waals surface area contributed by atoms with Crippen molar-refractivity contribution in [1.82, 2.24) is 15.5 Å². The molecule has 0 aromatic heterocycles. The molecule has 1 atom stereocenters. The van der Waals surface area contributed by atoms with Crippen molar-refractivity contribution in [3.63, 3.8) is 0 Å². The third-order valence-corrected chi connectivity index (χ3v) is 3.68. The van der Waals surface area contributed by atoms with Gasteiger partial charge in [0, 0.05) is 6.42 Å². The number of hydrogen-bond acceptors (Lipinski definition) is 7. The second-order valence-electron chi connectivity index (χ2n) is 6.16. The lowest BCUT2D eigenvalue weighted by Gasteiger charge is -2.27. The highest BCUT2D eigenvalue weighted by Gasteiger charge is 2.27. The van der Waals surface area contributed by atoms with E-state index >= 15 is 0 Å². The molecule has 0 heterocycles. The molecular formula is C18H25N5O7. The van der Waals surface area contributed by atoms with E-state index in [1.807, 2.05) is 0 Å². The standard InChI is InChI=1S/C18H25N5O7/c19-7-15(25)21-8-16(26)22-13(6-12-4-2-1-3-5-12)18(29)23(9-14(20)24)11-30-10-17(27)28/h1-5,13H,6-11,19H2,(H2,20,24)(H,21,25)(H,22,26)(H,27,28)/t13-/m1/s1. The van der Waals surface area contributed by atoms with E-state index in [1.54, 1.807) is 30.3 Å². The lowest BCUT2D eigenvalue weighted by Crippen LogP contribution is -2.53. The summed E-state index contributed by atoms with van der Waals surface area (Å²) < 4.78 is 4.89. The van der Waals surface area contributed by atoms with Gasteiger partial charge in [-0.3, -0.25) is 19.2 Å². The second-order valence-corrected chi connectivity index (χ2v) is 6.16. The molecule has 1 aromatic carbocycles. The number of rotatable bonds is 13.